The van der Waals surface area contributed by atoms with E-state index in [-0.39, 0.29) is 5.82 Å². The highest BCUT2D eigenvalue weighted by Gasteiger charge is 2.27. The molecule has 0 radical (unpaired) electrons. The third-order valence-corrected chi connectivity index (χ3v) is 4.19. The van der Waals surface area contributed by atoms with Gasteiger partial charge < -0.3 is 19.7 Å². The predicted octanol–water partition coefficient (Wildman–Crippen LogP) is 0.356. The van der Waals surface area contributed by atoms with Crippen LogP contribution in [0.2, 0.25) is 0 Å². The standard InChI is InChI=1S/C17H16BN5O4/c1-23-16(13-4-3-5-14(20-13)26-2)21-15(22-23)17(24)19-11-7-6-10-9-27-18(25)12(10)8-11/h3-8,25H,9H2,1-2H3,(H,19,24). The largest absolute Gasteiger partial charge is 0.491 e. The van der Waals surface area contributed by atoms with Crippen LogP contribution >= 0.6 is 0 Å². The molecule has 1 aliphatic heterocycles. The van der Waals surface area contributed by atoms with Crippen LogP contribution in [0.4, 0.5) is 5.69 Å². The quantitative estimate of drug-likeness (QED) is 0.642. The summed E-state index contributed by atoms with van der Waals surface area (Å²) >= 11 is 0. The number of carbonyl (C=O) groups is 1. The number of hydrogen-bond donors (Lipinski definition) is 2. The average molecular weight is 365 g/mol. The van der Waals surface area contributed by atoms with Gasteiger partial charge in [-0.15, -0.1) is 5.10 Å². The van der Waals surface area contributed by atoms with Gasteiger partial charge in [-0.25, -0.2) is 14.6 Å². The molecule has 27 heavy (non-hydrogen) atoms. The average Bonchev–Trinajstić information content (AvgIpc) is 3.25. The summed E-state index contributed by atoms with van der Waals surface area (Å²) in [6, 6.07) is 10.5. The van der Waals surface area contributed by atoms with Crippen molar-refractivity contribution in [3.05, 3.63) is 47.8 Å². The summed E-state index contributed by atoms with van der Waals surface area (Å²) in [4.78, 5) is 21.1. The highest BCUT2D eigenvalue weighted by molar-refractivity contribution is 6.61. The Labute approximate surface area is 155 Å². The van der Waals surface area contributed by atoms with E-state index in [0.717, 1.165) is 5.56 Å². The normalized spacial score (nSPS) is 12.8. The topological polar surface area (TPSA) is 111 Å². The fourth-order valence-corrected chi connectivity index (χ4v) is 2.84. The second kappa shape index (κ2) is 6.82. The lowest BCUT2D eigenvalue weighted by atomic mass is 9.79. The molecule has 0 bridgehead atoms. The van der Waals surface area contributed by atoms with Crippen molar-refractivity contribution in [2.24, 2.45) is 7.05 Å². The Morgan fingerprint density at radius 3 is 3.00 bits per heavy atom. The molecule has 2 N–H and O–H groups in total. The number of aryl methyl sites for hydroxylation is 1. The maximum absolute atomic E-state index is 12.5. The number of anilines is 1. The van der Waals surface area contributed by atoms with Crippen LogP contribution in [0.5, 0.6) is 5.88 Å². The summed E-state index contributed by atoms with van der Waals surface area (Å²) < 4.78 is 11.8. The minimum Gasteiger partial charge on any atom is -0.481 e. The van der Waals surface area contributed by atoms with Crippen molar-refractivity contribution >= 4 is 24.2 Å². The summed E-state index contributed by atoms with van der Waals surface area (Å²) in [5.74, 6) is 0.430. The first-order valence-corrected chi connectivity index (χ1v) is 8.21. The van der Waals surface area contributed by atoms with Gasteiger partial charge in [-0.05, 0) is 29.2 Å². The molecular formula is C17H16BN5O4. The second-order valence-electron chi connectivity index (χ2n) is 5.98. The zero-order valence-electron chi connectivity index (χ0n) is 14.7. The van der Waals surface area contributed by atoms with Crippen LogP contribution < -0.4 is 15.5 Å². The van der Waals surface area contributed by atoms with Gasteiger partial charge in [-0.1, -0.05) is 12.1 Å². The summed E-state index contributed by atoms with van der Waals surface area (Å²) in [7, 11) is 2.24. The number of rotatable bonds is 4. The van der Waals surface area contributed by atoms with Crippen LogP contribution in [0.15, 0.2) is 36.4 Å². The van der Waals surface area contributed by atoms with E-state index < -0.39 is 13.0 Å². The zero-order chi connectivity index (χ0) is 19.0. The Morgan fingerprint density at radius 2 is 2.19 bits per heavy atom. The van der Waals surface area contributed by atoms with Crippen molar-refractivity contribution in [1.82, 2.24) is 19.7 Å². The lowest BCUT2D eigenvalue weighted by Crippen LogP contribution is -2.28. The molecule has 0 aliphatic carbocycles. The molecule has 1 amide bonds. The first-order valence-electron chi connectivity index (χ1n) is 8.21. The SMILES string of the molecule is COc1cccc(-c2nc(C(=O)Nc3ccc4c(c3)B(O)OC4)nn2C)n1. The van der Waals surface area contributed by atoms with Crippen molar-refractivity contribution in [3.63, 3.8) is 0 Å². The number of nitrogens with one attached hydrogen (secondary N) is 1. The number of ether oxygens (including phenoxy) is 1. The third kappa shape index (κ3) is 3.27. The van der Waals surface area contributed by atoms with Gasteiger partial charge >= 0.3 is 7.12 Å². The van der Waals surface area contributed by atoms with Crippen LogP contribution in [0.1, 0.15) is 16.2 Å². The van der Waals surface area contributed by atoms with E-state index in [1.165, 1.54) is 11.8 Å². The molecule has 0 atom stereocenters. The van der Waals surface area contributed by atoms with Crippen molar-refractivity contribution in [1.29, 1.82) is 0 Å². The number of nitrogens with zero attached hydrogens (tertiary/aromatic N) is 4. The van der Waals surface area contributed by atoms with E-state index in [0.29, 0.717) is 35.2 Å². The molecule has 2 aromatic heterocycles. The molecule has 1 aliphatic rings. The van der Waals surface area contributed by atoms with Crippen LogP contribution in [0.3, 0.4) is 0 Å². The fraction of sp³-hybridized carbons (Fsp3) is 0.176. The molecule has 0 saturated carbocycles. The Hall–Kier alpha value is -3.24. The number of amides is 1. The molecule has 3 heterocycles. The van der Waals surface area contributed by atoms with Gasteiger partial charge in [-0.3, -0.25) is 4.79 Å². The molecule has 10 heteroatoms. The number of fused-ring (bicyclic) bond motifs is 1. The maximum Gasteiger partial charge on any atom is 0.491 e. The van der Waals surface area contributed by atoms with E-state index in [4.69, 9.17) is 9.39 Å². The maximum atomic E-state index is 12.5. The molecular weight excluding hydrogens is 349 g/mol. The van der Waals surface area contributed by atoms with Crippen molar-refractivity contribution < 1.29 is 19.2 Å². The van der Waals surface area contributed by atoms with Crippen molar-refractivity contribution in [2.45, 2.75) is 6.61 Å². The molecule has 9 nitrogen and oxygen atoms in total. The Kier molecular flexibility index (Phi) is 4.34. The van der Waals surface area contributed by atoms with Gasteiger partial charge in [0.2, 0.25) is 11.7 Å². The first kappa shape index (κ1) is 17.2. The highest BCUT2D eigenvalue weighted by atomic mass is 16.5. The molecule has 4 rings (SSSR count). The van der Waals surface area contributed by atoms with Crippen LogP contribution in [-0.4, -0.2) is 44.9 Å². The van der Waals surface area contributed by atoms with Gasteiger partial charge in [0.05, 0.1) is 13.7 Å². The van der Waals surface area contributed by atoms with Crippen LogP contribution in [0, 0.1) is 0 Å². The first-order chi connectivity index (χ1) is 13.0. The minimum absolute atomic E-state index is 0.00872. The number of hydrogen-bond acceptors (Lipinski definition) is 7. The number of pyridine rings is 1. The number of aromatic nitrogens is 4. The molecule has 0 fully saturated rings. The van der Waals surface area contributed by atoms with E-state index in [9.17, 15) is 9.82 Å². The van der Waals surface area contributed by atoms with E-state index in [2.05, 4.69) is 20.4 Å². The predicted molar refractivity (Wildman–Crippen MR) is 97.6 cm³/mol. The summed E-state index contributed by atoms with van der Waals surface area (Å²) in [6.07, 6.45) is 0. The molecule has 0 saturated heterocycles. The van der Waals surface area contributed by atoms with Gasteiger partial charge in [0, 0.05) is 18.8 Å². The van der Waals surface area contributed by atoms with Gasteiger partial charge in [-0.2, -0.15) is 0 Å². The molecule has 0 spiro atoms. The molecule has 136 valence electrons. The fourth-order valence-electron chi connectivity index (χ4n) is 2.84. The lowest BCUT2D eigenvalue weighted by Gasteiger charge is -2.05. The van der Waals surface area contributed by atoms with Gasteiger partial charge in [0.15, 0.2) is 5.82 Å². The van der Waals surface area contributed by atoms with E-state index >= 15 is 0 Å². The van der Waals surface area contributed by atoms with Gasteiger partial charge in [0.1, 0.15) is 5.69 Å². The van der Waals surface area contributed by atoms with Crippen molar-refractivity contribution in [2.75, 3.05) is 12.4 Å². The van der Waals surface area contributed by atoms with E-state index in [1.807, 2.05) is 0 Å². The second-order valence-corrected chi connectivity index (χ2v) is 5.98. The Morgan fingerprint density at radius 1 is 1.33 bits per heavy atom. The number of methoxy groups -OCH3 is 1. The summed E-state index contributed by atoms with van der Waals surface area (Å²) in [5, 5.41) is 16.7. The van der Waals surface area contributed by atoms with Crippen LogP contribution in [0.25, 0.3) is 11.5 Å². The third-order valence-electron chi connectivity index (χ3n) is 4.19. The lowest BCUT2D eigenvalue weighted by molar-refractivity contribution is 0.101. The molecule has 0 unspecified atom stereocenters. The molecule has 1 aromatic carbocycles. The smallest absolute Gasteiger partial charge is 0.481 e. The highest BCUT2D eigenvalue weighted by Crippen LogP contribution is 2.19. The van der Waals surface area contributed by atoms with Gasteiger partial charge in [0.25, 0.3) is 5.91 Å². The Bertz CT molecular complexity index is 1020. The zero-order valence-corrected chi connectivity index (χ0v) is 14.7. The van der Waals surface area contributed by atoms with E-state index in [1.54, 1.807) is 43.4 Å². The Balaban J connectivity index is 1.57. The number of benzene rings is 1. The van der Waals surface area contributed by atoms with Crippen molar-refractivity contribution in [3.8, 4) is 17.4 Å². The van der Waals surface area contributed by atoms with Crippen LogP contribution in [-0.2, 0) is 18.3 Å². The minimum atomic E-state index is -0.976. The monoisotopic (exact) mass is 365 g/mol. The summed E-state index contributed by atoms with van der Waals surface area (Å²) in [6.45, 7) is 0.351. The molecule has 3 aromatic rings. The number of carbonyl (C=O) groups excluding carboxylic acids is 1. The summed E-state index contributed by atoms with van der Waals surface area (Å²) in [5.41, 5.74) is 2.60.